The number of hydrogen-bond donors (Lipinski definition) is 2. The zero-order valence-corrected chi connectivity index (χ0v) is 12.3. The highest BCUT2D eigenvalue weighted by Gasteiger charge is 2.04. The van der Waals surface area contributed by atoms with Gasteiger partial charge in [-0.05, 0) is 45.0 Å². The molecule has 20 heavy (non-hydrogen) atoms. The van der Waals surface area contributed by atoms with Crippen molar-refractivity contribution in [1.82, 2.24) is 9.97 Å². The van der Waals surface area contributed by atoms with E-state index in [-0.39, 0.29) is 0 Å². The molecule has 2 aromatic rings. The molecule has 0 fully saturated rings. The fourth-order valence-corrected chi connectivity index (χ4v) is 1.78. The average Bonchev–Trinajstić information content (AvgIpc) is 2.38. The molecule has 0 unspecified atom stereocenters. The summed E-state index contributed by atoms with van der Waals surface area (Å²) in [7, 11) is 1.65. The Kier molecular flexibility index (Phi) is 4.40. The van der Waals surface area contributed by atoms with E-state index in [0.717, 1.165) is 22.9 Å². The SMILES string of the molecule is COc1ccc(Nc2cc(C)nc(NC(C)C)n2)cc1. The maximum Gasteiger partial charge on any atom is 0.225 e. The number of aromatic nitrogens is 2. The summed E-state index contributed by atoms with van der Waals surface area (Å²) >= 11 is 0. The molecule has 0 saturated carbocycles. The number of methoxy groups -OCH3 is 1. The van der Waals surface area contributed by atoms with Gasteiger partial charge in [0.05, 0.1) is 7.11 Å². The molecule has 5 nitrogen and oxygen atoms in total. The first-order valence-electron chi connectivity index (χ1n) is 6.60. The van der Waals surface area contributed by atoms with E-state index in [4.69, 9.17) is 4.74 Å². The van der Waals surface area contributed by atoms with Crippen LogP contribution in [0.1, 0.15) is 19.5 Å². The van der Waals surface area contributed by atoms with E-state index in [1.165, 1.54) is 0 Å². The Morgan fingerprint density at radius 3 is 2.40 bits per heavy atom. The average molecular weight is 272 g/mol. The van der Waals surface area contributed by atoms with E-state index in [1.807, 2.05) is 37.3 Å². The third-order valence-electron chi connectivity index (χ3n) is 2.63. The van der Waals surface area contributed by atoms with Crippen LogP contribution in [0.3, 0.4) is 0 Å². The van der Waals surface area contributed by atoms with Crippen molar-refractivity contribution in [2.75, 3.05) is 17.7 Å². The molecule has 0 amide bonds. The second kappa shape index (κ2) is 6.23. The summed E-state index contributed by atoms with van der Waals surface area (Å²) < 4.78 is 5.14. The standard InChI is InChI=1S/C15H20N4O/c1-10(2)16-15-17-11(3)9-14(19-15)18-12-5-7-13(20-4)8-6-12/h5-10H,1-4H3,(H2,16,17,18,19). The molecular formula is C15H20N4O. The highest BCUT2D eigenvalue weighted by molar-refractivity contribution is 5.58. The van der Waals surface area contributed by atoms with Crippen LogP contribution in [0.4, 0.5) is 17.5 Å². The Balaban J connectivity index is 2.17. The van der Waals surface area contributed by atoms with Gasteiger partial charge in [-0.2, -0.15) is 4.98 Å². The van der Waals surface area contributed by atoms with Crippen LogP contribution in [0, 0.1) is 6.92 Å². The summed E-state index contributed by atoms with van der Waals surface area (Å²) in [6, 6.07) is 9.92. The summed E-state index contributed by atoms with van der Waals surface area (Å²) in [6.07, 6.45) is 0. The van der Waals surface area contributed by atoms with E-state index in [0.29, 0.717) is 12.0 Å². The highest BCUT2D eigenvalue weighted by Crippen LogP contribution is 2.20. The lowest BCUT2D eigenvalue weighted by Crippen LogP contribution is -2.13. The van der Waals surface area contributed by atoms with Crippen LogP contribution in [0.5, 0.6) is 5.75 Å². The predicted octanol–water partition coefficient (Wildman–Crippen LogP) is 3.36. The van der Waals surface area contributed by atoms with Gasteiger partial charge in [-0.3, -0.25) is 0 Å². The maximum atomic E-state index is 5.14. The monoisotopic (exact) mass is 272 g/mol. The molecular weight excluding hydrogens is 252 g/mol. The molecule has 106 valence electrons. The lowest BCUT2D eigenvalue weighted by Gasteiger charge is -2.12. The largest absolute Gasteiger partial charge is 0.497 e. The van der Waals surface area contributed by atoms with E-state index < -0.39 is 0 Å². The quantitative estimate of drug-likeness (QED) is 0.874. The minimum absolute atomic E-state index is 0.297. The van der Waals surface area contributed by atoms with Gasteiger partial charge in [0.25, 0.3) is 0 Å². The number of anilines is 3. The van der Waals surface area contributed by atoms with Crippen molar-refractivity contribution in [3.63, 3.8) is 0 Å². The first-order chi connectivity index (χ1) is 9.56. The van der Waals surface area contributed by atoms with Crippen LogP contribution < -0.4 is 15.4 Å². The summed E-state index contributed by atoms with van der Waals surface area (Å²) in [4.78, 5) is 8.81. The second-order valence-corrected chi connectivity index (χ2v) is 4.87. The molecule has 0 aliphatic rings. The highest BCUT2D eigenvalue weighted by atomic mass is 16.5. The van der Waals surface area contributed by atoms with Gasteiger partial charge in [0.1, 0.15) is 11.6 Å². The molecule has 5 heteroatoms. The van der Waals surface area contributed by atoms with Gasteiger partial charge in [0.15, 0.2) is 0 Å². The van der Waals surface area contributed by atoms with Crippen LogP contribution in [0.15, 0.2) is 30.3 Å². The maximum absolute atomic E-state index is 5.14. The minimum Gasteiger partial charge on any atom is -0.497 e. The number of nitrogens with zero attached hydrogens (tertiary/aromatic N) is 2. The number of nitrogens with one attached hydrogen (secondary N) is 2. The molecule has 0 spiro atoms. The zero-order chi connectivity index (χ0) is 14.5. The summed E-state index contributed by atoms with van der Waals surface area (Å²) in [5.74, 6) is 2.23. The number of benzene rings is 1. The van der Waals surface area contributed by atoms with Crippen molar-refractivity contribution in [3.8, 4) is 5.75 Å². The van der Waals surface area contributed by atoms with Crippen LogP contribution in [0.25, 0.3) is 0 Å². The van der Waals surface area contributed by atoms with Gasteiger partial charge in [-0.1, -0.05) is 0 Å². The van der Waals surface area contributed by atoms with Gasteiger partial charge in [-0.15, -0.1) is 0 Å². The van der Waals surface area contributed by atoms with Crippen LogP contribution in [-0.4, -0.2) is 23.1 Å². The number of hydrogen-bond acceptors (Lipinski definition) is 5. The molecule has 0 aliphatic heterocycles. The predicted molar refractivity (Wildman–Crippen MR) is 81.8 cm³/mol. The van der Waals surface area contributed by atoms with Crippen LogP contribution in [0.2, 0.25) is 0 Å². The Morgan fingerprint density at radius 2 is 1.80 bits per heavy atom. The Labute approximate surface area is 119 Å². The van der Waals surface area contributed by atoms with Crippen LogP contribution >= 0.6 is 0 Å². The molecule has 0 atom stereocenters. The first-order valence-corrected chi connectivity index (χ1v) is 6.60. The van der Waals surface area contributed by atoms with Crippen molar-refractivity contribution in [2.45, 2.75) is 26.8 Å². The Morgan fingerprint density at radius 1 is 1.10 bits per heavy atom. The van der Waals surface area contributed by atoms with E-state index in [1.54, 1.807) is 7.11 Å². The molecule has 2 N–H and O–H groups in total. The van der Waals surface area contributed by atoms with Gasteiger partial charge in [-0.25, -0.2) is 4.98 Å². The van der Waals surface area contributed by atoms with Crippen molar-refractivity contribution in [2.24, 2.45) is 0 Å². The fraction of sp³-hybridized carbons (Fsp3) is 0.333. The molecule has 1 aromatic carbocycles. The van der Waals surface area contributed by atoms with E-state index >= 15 is 0 Å². The number of aryl methyl sites for hydroxylation is 1. The first kappa shape index (κ1) is 14.1. The van der Waals surface area contributed by atoms with Crippen molar-refractivity contribution < 1.29 is 4.74 Å². The fourth-order valence-electron chi connectivity index (χ4n) is 1.78. The van der Waals surface area contributed by atoms with E-state index in [9.17, 15) is 0 Å². The molecule has 0 radical (unpaired) electrons. The zero-order valence-electron chi connectivity index (χ0n) is 12.3. The van der Waals surface area contributed by atoms with Gasteiger partial charge >= 0.3 is 0 Å². The number of rotatable bonds is 5. The second-order valence-electron chi connectivity index (χ2n) is 4.87. The van der Waals surface area contributed by atoms with Gasteiger partial charge < -0.3 is 15.4 Å². The Hall–Kier alpha value is -2.30. The van der Waals surface area contributed by atoms with E-state index in [2.05, 4.69) is 34.4 Å². The van der Waals surface area contributed by atoms with Gasteiger partial charge in [0.2, 0.25) is 5.95 Å². The van der Waals surface area contributed by atoms with Crippen LogP contribution in [-0.2, 0) is 0 Å². The normalized spacial score (nSPS) is 10.4. The molecule has 0 aliphatic carbocycles. The third kappa shape index (κ3) is 3.85. The smallest absolute Gasteiger partial charge is 0.225 e. The van der Waals surface area contributed by atoms with Gasteiger partial charge in [0, 0.05) is 23.5 Å². The lowest BCUT2D eigenvalue weighted by molar-refractivity contribution is 0.415. The van der Waals surface area contributed by atoms with Crippen molar-refractivity contribution in [1.29, 1.82) is 0 Å². The third-order valence-corrected chi connectivity index (χ3v) is 2.63. The Bertz CT molecular complexity index is 567. The molecule has 0 bridgehead atoms. The molecule has 1 aromatic heterocycles. The molecule has 1 heterocycles. The molecule has 0 saturated heterocycles. The number of ether oxygens (including phenoxy) is 1. The summed E-state index contributed by atoms with van der Waals surface area (Å²) in [5.41, 5.74) is 1.87. The minimum atomic E-state index is 0.297. The molecule has 2 rings (SSSR count). The van der Waals surface area contributed by atoms with Crippen molar-refractivity contribution in [3.05, 3.63) is 36.0 Å². The van der Waals surface area contributed by atoms with Crippen molar-refractivity contribution >= 4 is 17.5 Å². The summed E-state index contributed by atoms with van der Waals surface area (Å²) in [5, 5.41) is 6.47. The summed E-state index contributed by atoms with van der Waals surface area (Å²) in [6.45, 7) is 6.07. The topological polar surface area (TPSA) is 59.1 Å². The lowest BCUT2D eigenvalue weighted by atomic mass is 10.3.